The van der Waals surface area contributed by atoms with Crippen LogP contribution in [0.5, 0.6) is 0 Å². The highest BCUT2D eigenvalue weighted by Gasteiger charge is 2.18. The summed E-state index contributed by atoms with van der Waals surface area (Å²) in [4.78, 5) is 24.6. The highest BCUT2D eigenvalue weighted by Crippen LogP contribution is 2.11. The number of unbranched alkanes of at least 4 members (excludes halogenated alkanes) is 2. The summed E-state index contributed by atoms with van der Waals surface area (Å²) in [5.41, 5.74) is 0. The number of hydrogen-bond donors (Lipinski definition) is 2. The van der Waals surface area contributed by atoms with E-state index in [1.54, 1.807) is 0 Å². The van der Waals surface area contributed by atoms with Gasteiger partial charge in [-0.1, -0.05) is 19.8 Å². The molecule has 0 radical (unpaired) electrons. The average molecular weight is 284 g/mol. The molecule has 0 aliphatic carbocycles. The SMILES string of the molecule is CC(CN1CCCCC1)C(=O)NCCCCCC(=O)O. The summed E-state index contributed by atoms with van der Waals surface area (Å²) in [6, 6.07) is 0. The van der Waals surface area contributed by atoms with Gasteiger partial charge in [-0.2, -0.15) is 0 Å². The van der Waals surface area contributed by atoms with Gasteiger partial charge in [-0.25, -0.2) is 0 Å². The fraction of sp³-hybridized carbons (Fsp3) is 0.867. The Bertz CT molecular complexity index is 301. The predicted octanol–water partition coefficient (Wildman–Crippen LogP) is 1.87. The van der Waals surface area contributed by atoms with Gasteiger partial charge in [-0.3, -0.25) is 9.59 Å². The van der Waals surface area contributed by atoms with Crippen LogP contribution < -0.4 is 5.32 Å². The standard InChI is InChI=1S/C15H28N2O3/c1-13(12-17-10-6-3-7-11-17)15(20)16-9-5-2-4-8-14(18)19/h13H,2-12H2,1H3,(H,16,20)(H,18,19). The topological polar surface area (TPSA) is 69.6 Å². The number of rotatable bonds is 9. The molecule has 2 N–H and O–H groups in total. The highest BCUT2D eigenvalue weighted by molar-refractivity contribution is 5.78. The zero-order valence-corrected chi connectivity index (χ0v) is 12.6. The van der Waals surface area contributed by atoms with Crippen LogP contribution in [0.3, 0.4) is 0 Å². The average Bonchev–Trinajstić information content (AvgIpc) is 2.43. The molecule has 0 aromatic heterocycles. The van der Waals surface area contributed by atoms with Gasteiger partial charge in [0.1, 0.15) is 0 Å². The first-order valence-corrected chi connectivity index (χ1v) is 7.81. The van der Waals surface area contributed by atoms with E-state index in [-0.39, 0.29) is 18.2 Å². The maximum absolute atomic E-state index is 11.9. The van der Waals surface area contributed by atoms with E-state index < -0.39 is 5.97 Å². The summed E-state index contributed by atoms with van der Waals surface area (Å²) < 4.78 is 0. The number of aliphatic carboxylic acids is 1. The largest absolute Gasteiger partial charge is 0.481 e. The first-order valence-electron chi connectivity index (χ1n) is 7.81. The lowest BCUT2D eigenvalue weighted by Crippen LogP contribution is -2.40. The second kappa shape index (κ2) is 9.75. The Balaban J connectivity index is 2.04. The first-order chi connectivity index (χ1) is 9.59. The molecule has 1 aliphatic rings. The molecule has 0 bridgehead atoms. The monoisotopic (exact) mass is 284 g/mol. The van der Waals surface area contributed by atoms with Gasteiger partial charge in [0.25, 0.3) is 0 Å². The van der Waals surface area contributed by atoms with Gasteiger partial charge in [0.15, 0.2) is 0 Å². The molecule has 0 aromatic carbocycles. The number of amides is 1. The molecule has 5 nitrogen and oxygen atoms in total. The van der Waals surface area contributed by atoms with Gasteiger partial charge >= 0.3 is 5.97 Å². The summed E-state index contributed by atoms with van der Waals surface area (Å²) in [6.45, 7) is 5.72. The van der Waals surface area contributed by atoms with E-state index in [4.69, 9.17) is 5.11 Å². The summed E-state index contributed by atoms with van der Waals surface area (Å²) >= 11 is 0. The molecule has 1 heterocycles. The maximum Gasteiger partial charge on any atom is 0.303 e. The fourth-order valence-electron chi connectivity index (χ4n) is 2.58. The van der Waals surface area contributed by atoms with E-state index >= 15 is 0 Å². The molecular weight excluding hydrogens is 256 g/mol. The zero-order valence-electron chi connectivity index (χ0n) is 12.6. The van der Waals surface area contributed by atoms with Gasteiger partial charge < -0.3 is 15.3 Å². The van der Waals surface area contributed by atoms with E-state index in [0.29, 0.717) is 13.0 Å². The van der Waals surface area contributed by atoms with Crippen LogP contribution in [0.25, 0.3) is 0 Å². The van der Waals surface area contributed by atoms with Crippen molar-refractivity contribution in [2.24, 2.45) is 5.92 Å². The predicted molar refractivity (Wildman–Crippen MR) is 78.6 cm³/mol. The highest BCUT2D eigenvalue weighted by atomic mass is 16.4. The van der Waals surface area contributed by atoms with Gasteiger partial charge in [0.2, 0.25) is 5.91 Å². The van der Waals surface area contributed by atoms with Crippen LogP contribution in [-0.2, 0) is 9.59 Å². The third-order valence-corrected chi connectivity index (χ3v) is 3.79. The number of likely N-dealkylation sites (tertiary alicyclic amines) is 1. The van der Waals surface area contributed by atoms with E-state index in [0.717, 1.165) is 32.5 Å². The Hall–Kier alpha value is -1.10. The summed E-state index contributed by atoms with van der Waals surface area (Å²) in [7, 11) is 0. The van der Waals surface area contributed by atoms with E-state index in [1.807, 2.05) is 6.92 Å². The molecule has 1 amide bonds. The van der Waals surface area contributed by atoms with Crippen molar-refractivity contribution < 1.29 is 14.7 Å². The summed E-state index contributed by atoms with van der Waals surface area (Å²) in [5.74, 6) is -0.592. The first kappa shape index (κ1) is 17.0. The van der Waals surface area contributed by atoms with Crippen LogP contribution in [0.4, 0.5) is 0 Å². The van der Waals surface area contributed by atoms with Gasteiger partial charge in [-0.15, -0.1) is 0 Å². The van der Waals surface area contributed by atoms with Crippen molar-refractivity contribution in [3.8, 4) is 0 Å². The minimum atomic E-state index is -0.746. The number of carbonyl (C=O) groups is 2. The van der Waals surface area contributed by atoms with Crippen LogP contribution in [0, 0.1) is 5.92 Å². The second-order valence-electron chi connectivity index (χ2n) is 5.76. The van der Waals surface area contributed by atoms with Crippen molar-refractivity contribution in [1.82, 2.24) is 10.2 Å². The fourth-order valence-corrected chi connectivity index (χ4v) is 2.58. The maximum atomic E-state index is 11.9. The Morgan fingerprint density at radius 2 is 1.85 bits per heavy atom. The Morgan fingerprint density at radius 1 is 1.15 bits per heavy atom. The van der Waals surface area contributed by atoms with Gasteiger partial charge in [-0.05, 0) is 38.8 Å². The zero-order chi connectivity index (χ0) is 14.8. The Morgan fingerprint density at radius 3 is 2.50 bits per heavy atom. The summed E-state index contributed by atoms with van der Waals surface area (Å²) in [5, 5.41) is 11.5. The number of carboxylic acid groups (broad SMARTS) is 1. The molecule has 1 atom stereocenters. The van der Waals surface area contributed by atoms with Crippen molar-refractivity contribution in [3.05, 3.63) is 0 Å². The number of carboxylic acids is 1. The molecule has 0 aromatic rings. The molecule has 1 aliphatic heterocycles. The van der Waals surface area contributed by atoms with Crippen LogP contribution in [0.1, 0.15) is 51.9 Å². The molecule has 1 saturated heterocycles. The van der Waals surface area contributed by atoms with Crippen molar-refractivity contribution >= 4 is 11.9 Å². The molecule has 0 spiro atoms. The van der Waals surface area contributed by atoms with Crippen molar-refractivity contribution in [1.29, 1.82) is 0 Å². The molecule has 116 valence electrons. The molecule has 1 fully saturated rings. The number of hydrogen-bond acceptors (Lipinski definition) is 3. The Labute approximate surface area is 121 Å². The molecular formula is C15H28N2O3. The van der Waals surface area contributed by atoms with E-state index in [1.165, 1.54) is 19.3 Å². The number of carbonyl (C=O) groups excluding carboxylic acids is 1. The molecule has 0 saturated carbocycles. The second-order valence-corrected chi connectivity index (χ2v) is 5.76. The summed E-state index contributed by atoms with van der Waals surface area (Å²) in [6.07, 6.45) is 6.43. The lowest BCUT2D eigenvalue weighted by Gasteiger charge is -2.28. The van der Waals surface area contributed by atoms with E-state index in [9.17, 15) is 9.59 Å². The van der Waals surface area contributed by atoms with Crippen molar-refractivity contribution in [2.75, 3.05) is 26.2 Å². The lowest BCUT2D eigenvalue weighted by molar-refractivity contribution is -0.137. The van der Waals surface area contributed by atoms with Crippen LogP contribution in [-0.4, -0.2) is 48.1 Å². The molecule has 20 heavy (non-hydrogen) atoms. The third kappa shape index (κ3) is 7.48. The van der Waals surface area contributed by atoms with Crippen LogP contribution in [0.15, 0.2) is 0 Å². The number of piperidine rings is 1. The van der Waals surface area contributed by atoms with Crippen molar-refractivity contribution in [3.63, 3.8) is 0 Å². The van der Waals surface area contributed by atoms with Crippen LogP contribution in [0.2, 0.25) is 0 Å². The number of nitrogens with one attached hydrogen (secondary N) is 1. The normalized spacial score (nSPS) is 17.6. The molecule has 1 rings (SSSR count). The number of nitrogens with zero attached hydrogens (tertiary/aromatic N) is 1. The molecule has 1 unspecified atom stereocenters. The lowest BCUT2D eigenvalue weighted by atomic mass is 10.1. The minimum Gasteiger partial charge on any atom is -0.481 e. The Kier molecular flexibility index (Phi) is 8.26. The van der Waals surface area contributed by atoms with Gasteiger partial charge in [0.05, 0.1) is 0 Å². The third-order valence-electron chi connectivity index (χ3n) is 3.79. The minimum absolute atomic E-state index is 0.0344. The van der Waals surface area contributed by atoms with Crippen molar-refractivity contribution in [2.45, 2.75) is 51.9 Å². The van der Waals surface area contributed by atoms with Crippen LogP contribution >= 0.6 is 0 Å². The molecule has 5 heteroatoms. The quantitative estimate of drug-likeness (QED) is 0.634. The van der Waals surface area contributed by atoms with Gasteiger partial charge in [0, 0.05) is 25.4 Å². The van der Waals surface area contributed by atoms with E-state index in [2.05, 4.69) is 10.2 Å². The smallest absolute Gasteiger partial charge is 0.303 e.